The Labute approximate surface area is 157 Å². The molecule has 140 valence electrons. The van der Waals surface area contributed by atoms with E-state index in [-0.39, 0.29) is 29.2 Å². The van der Waals surface area contributed by atoms with Gasteiger partial charge in [0.25, 0.3) is 0 Å². The Hall–Kier alpha value is -3.35. The van der Waals surface area contributed by atoms with Gasteiger partial charge in [0.2, 0.25) is 11.8 Å². The van der Waals surface area contributed by atoms with E-state index in [2.05, 4.69) is 10.3 Å². The number of anilines is 1. The molecule has 27 heavy (non-hydrogen) atoms. The number of carbonyl (C=O) groups is 2. The predicted octanol–water partition coefficient (Wildman–Crippen LogP) is 2.38. The van der Waals surface area contributed by atoms with Crippen LogP contribution in [0.3, 0.4) is 0 Å². The van der Waals surface area contributed by atoms with Gasteiger partial charge in [0, 0.05) is 43.2 Å². The number of nitrogens with one attached hydrogen (secondary N) is 1. The number of aromatic hydroxyl groups is 2. The zero-order valence-corrected chi connectivity index (χ0v) is 14.7. The molecule has 0 unspecified atom stereocenters. The van der Waals surface area contributed by atoms with E-state index in [0.717, 1.165) is 0 Å². The number of aromatic nitrogens is 1. The fourth-order valence-electron chi connectivity index (χ4n) is 2.96. The second kappa shape index (κ2) is 8.35. The minimum Gasteiger partial charge on any atom is -0.504 e. The van der Waals surface area contributed by atoms with E-state index in [4.69, 9.17) is 0 Å². The van der Waals surface area contributed by atoms with E-state index in [0.29, 0.717) is 37.2 Å². The quantitative estimate of drug-likeness (QED) is 0.569. The number of phenolic OH excluding ortho intramolecular Hbond substituents is 2. The van der Waals surface area contributed by atoms with Gasteiger partial charge in [-0.1, -0.05) is 6.07 Å². The van der Waals surface area contributed by atoms with Gasteiger partial charge < -0.3 is 20.4 Å². The second-order valence-electron chi connectivity index (χ2n) is 6.41. The Kier molecular flexibility index (Phi) is 5.71. The fourth-order valence-corrected chi connectivity index (χ4v) is 2.96. The molecule has 0 aliphatic carbocycles. The molecule has 1 aliphatic rings. The summed E-state index contributed by atoms with van der Waals surface area (Å²) in [5.74, 6) is -0.740. The number of phenols is 2. The molecule has 1 fully saturated rings. The molecule has 0 bridgehead atoms. The molecule has 2 aromatic rings. The number of hydrogen-bond acceptors (Lipinski definition) is 5. The summed E-state index contributed by atoms with van der Waals surface area (Å²) in [4.78, 5) is 30.2. The average Bonchev–Trinajstić information content (AvgIpc) is 2.69. The van der Waals surface area contributed by atoms with E-state index in [1.165, 1.54) is 18.2 Å². The molecule has 2 heterocycles. The van der Waals surface area contributed by atoms with Crippen LogP contribution in [0.5, 0.6) is 11.5 Å². The SMILES string of the molecule is O=C(Nc1ccncc1)C1CCN(C(=O)C=Cc2ccc(O)c(O)c2)CC1. The first-order chi connectivity index (χ1) is 13.0. The number of hydrogen-bond donors (Lipinski definition) is 3. The van der Waals surface area contributed by atoms with Gasteiger partial charge in [0.05, 0.1) is 0 Å². The number of carbonyl (C=O) groups excluding carboxylic acids is 2. The Morgan fingerprint density at radius 3 is 2.44 bits per heavy atom. The summed E-state index contributed by atoms with van der Waals surface area (Å²) < 4.78 is 0. The number of rotatable bonds is 4. The Balaban J connectivity index is 1.50. The van der Waals surface area contributed by atoms with Gasteiger partial charge in [0.15, 0.2) is 11.5 Å². The highest BCUT2D eigenvalue weighted by molar-refractivity contribution is 5.94. The molecule has 1 aromatic heterocycles. The van der Waals surface area contributed by atoms with Gasteiger partial charge in [-0.2, -0.15) is 0 Å². The van der Waals surface area contributed by atoms with E-state index in [9.17, 15) is 19.8 Å². The largest absolute Gasteiger partial charge is 0.504 e. The molecule has 0 spiro atoms. The van der Waals surface area contributed by atoms with Crippen molar-refractivity contribution >= 4 is 23.6 Å². The van der Waals surface area contributed by atoms with Crippen LogP contribution in [0.1, 0.15) is 18.4 Å². The maximum Gasteiger partial charge on any atom is 0.246 e. The van der Waals surface area contributed by atoms with Gasteiger partial charge in [-0.25, -0.2) is 0 Å². The highest BCUT2D eigenvalue weighted by Gasteiger charge is 2.26. The molecule has 0 atom stereocenters. The highest BCUT2D eigenvalue weighted by atomic mass is 16.3. The first kappa shape index (κ1) is 18.4. The number of benzene rings is 1. The maximum absolute atomic E-state index is 12.3. The molecule has 0 saturated carbocycles. The molecule has 7 nitrogen and oxygen atoms in total. The summed E-state index contributed by atoms with van der Waals surface area (Å²) in [6.07, 6.45) is 7.48. The van der Waals surface area contributed by atoms with Crippen molar-refractivity contribution in [3.05, 3.63) is 54.4 Å². The summed E-state index contributed by atoms with van der Waals surface area (Å²) in [5, 5.41) is 21.7. The smallest absolute Gasteiger partial charge is 0.246 e. The van der Waals surface area contributed by atoms with Crippen molar-refractivity contribution in [3.8, 4) is 11.5 Å². The van der Waals surface area contributed by atoms with Crippen LogP contribution in [0.4, 0.5) is 5.69 Å². The van der Waals surface area contributed by atoms with Crippen LogP contribution < -0.4 is 5.32 Å². The molecular weight excluding hydrogens is 346 g/mol. The van der Waals surface area contributed by atoms with E-state index in [1.807, 2.05) is 0 Å². The van der Waals surface area contributed by atoms with E-state index in [1.54, 1.807) is 41.6 Å². The maximum atomic E-state index is 12.3. The molecule has 3 rings (SSSR count). The third kappa shape index (κ3) is 4.84. The lowest BCUT2D eigenvalue weighted by Gasteiger charge is -2.30. The molecule has 1 aromatic carbocycles. The minimum atomic E-state index is -0.231. The van der Waals surface area contributed by atoms with Crippen LogP contribution in [0, 0.1) is 5.92 Å². The lowest BCUT2D eigenvalue weighted by Crippen LogP contribution is -2.40. The molecule has 7 heteroatoms. The summed E-state index contributed by atoms with van der Waals surface area (Å²) >= 11 is 0. The molecular formula is C20H21N3O4. The van der Waals surface area contributed by atoms with E-state index >= 15 is 0 Å². The molecule has 0 radical (unpaired) electrons. The zero-order chi connectivity index (χ0) is 19.2. The predicted molar refractivity (Wildman–Crippen MR) is 101 cm³/mol. The standard InChI is InChI=1S/C20H21N3O4/c24-17-3-1-14(13-18(17)25)2-4-19(26)23-11-7-15(8-12-23)20(27)22-16-5-9-21-10-6-16/h1-6,9-10,13,15,24-25H,7-8,11-12H2,(H,21,22,27). The summed E-state index contributed by atoms with van der Waals surface area (Å²) in [7, 11) is 0. The molecule has 1 saturated heterocycles. The Bertz CT molecular complexity index is 844. The monoisotopic (exact) mass is 367 g/mol. The number of nitrogens with zero attached hydrogens (tertiary/aromatic N) is 2. The minimum absolute atomic E-state index is 0.0385. The van der Waals surface area contributed by atoms with E-state index < -0.39 is 0 Å². The van der Waals surface area contributed by atoms with Crippen molar-refractivity contribution in [2.45, 2.75) is 12.8 Å². The summed E-state index contributed by atoms with van der Waals surface area (Å²) in [6.45, 7) is 1.02. The molecule has 1 aliphatic heterocycles. The van der Waals surface area contributed by atoms with Crippen molar-refractivity contribution in [3.63, 3.8) is 0 Å². The third-order valence-electron chi connectivity index (χ3n) is 4.54. The van der Waals surface area contributed by atoms with Gasteiger partial charge in [-0.15, -0.1) is 0 Å². The van der Waals surface area contributed by atoms with Crippen molar-refractivity contribution < 1.29 is 19.8 Å². The second-order valence-corrected chi connectivity index (χ2v) is 6.41. The first-order valence-corrected chi connectivity index (χ1v) is 8.73. The lowest BCUT2D eigenvalue weighted by atomic mass is 9.95. The number of piperidine rings is 1. The third-order valence-corrected chi connectivity index (χ3v) is 4.54. The normalized spacial score (nSPS) is 15.0. The van der Waals surface area contributed by atoms with Crippen LogP contribution in [-0.4, -0.2) is 45.0 Å². The van der Waals surface area contributed by atoms with Crippen LogP contribution >= 0.6 is 0 Å². The van der Waals surface area contributed by atoms with Crippen molar-refractivity contribution in [1.29, 1.82) is 0 Å². The van der Waals surface area contributed by atoms with Gasteiger partial charge in [0.1, 0.15) is 0 Å². The molecule has 2 amide bonds. The summed E-state index contributed by atoms with van der Waals surface area (Å²) in [5.41, 5.74) is 1.33. The van der Waals surface area contributed by atoms with Gasteiger partial charge >= 0.3 is 0 Å². The average molecular weight is 367 g/mol. The number of amides is 2. The van der Waals surface area contributed by atoms with Crippen LogP contribution in [-0.2, 0) is 9.59 Å². The van der Waals surface area contributed by atoms with Gasteiger partial charge in [-0.05, 0) is 48.7 Å². The lowest BCUT2D eigenvalue weighted by molar-refractivity contribution is -0.130. The topological polar surface area (TPSA) is 103 Å². The highest BCUT2D eigenvalue weighted by Crippen LogP contribution is 2.25. The summed E-state index contributed by atoms with van der Waals surface area (Å²) in [6, 6.07) is 7.83. The van der Waals surface area contributed by atoms with Crippen molar-refractivity contribution in [2.75, 3.05) is 18.4 Å². The van der Waals surface area contributed by atoms with Crippen molar-refractivity contribution in [2.24, 2.45) is 5.92 Å². The van der Waals surface area contributed by atoms with Crippen LogP contribution in [0.25, 0.3) is 6.08 Å². The first-order valence-electron chi connectivity index (χ1n) is 8.73. The van der Waals surface area contributed by atoms with Crippen molar-refractivity contribution in [1.82, 2.24) is 9.88 Å². The zero-order valence-electron chi connectivity index (χ0n) is 14.7. The van der Waals surface area contributed by atoms with Gasteiger partial charge in [-0.3, -0.25) is 14.6 Å². The van der Waals surface area contributed by atoms with Crippen LogP contribution in [0.2, 0.25) is 0 Å². The Morgan fingerprint density at radius 2 is 1.78 bits per heavy atom. The number of likely N-dealkylation sites (tertiary alicyclic amines) is 1. The van der Waals surface area contributed by atoms with Crippen LogP contribution in [0.15, 0.2) is 48.8 Å². The fraction of sp³-hybridized carbons (Fsp3) is 0.250. The number of pyridine rings is 1. The Morgan fingerprint density at radius 1 is 1.07 bits per heavy atom. The molecule has 3 N–H and O–H groups in total.